The molecule has 1 atom stereocenters. The molecule has 0 rings (SSSR count). The van der Waals surface area contributed by atoms with Gasteiger partial charge in [0.05, 0.1) is 0 Å². The van der Waals surface area contributed by atoms with Crippen LogP contribution in [-0.2, 0) is 9.47 Å². The fourth-order valence-corrected chi connectivity index (χ4v) is 4.91. The van der Waals surface area contributed by atoms with E-state index in [4.69, 9.17) is 9.47 Å². The first-order chi connectivity index (χ1) is 8.78. The quantitative estimate of drug-likeness (QED) is 0.371. The average Bonchev–Trinajstić information content (AvgIpc) is 2.36. The second kappa shape index (κ2) is 13.6. The van der Waals surface area contributed by atoms with Gasteiger partial charge in [-0.1, -0.05) is 57.5 Å². The maximum atomic E-state index is 5.61. The summed E-state index contributed by atoms with van der Waals surface area (Å²) in [6, 6.07) is 1.37. The van der Waals surface area contributed by atoms with Gasteiger partial charge in [-0.15, -0.1) is 0 Å². The molecule has 0 saturated heterocycles. The van der Waals surface area contributed by atoms with Crippen LogP contribution < -0.4 is 0 Å². The Morgan fingerprint density at radius 3 is 2.00 bits per heavy atom. The molecule has 0 heterocycles. The van der Waals surface area contributed by atoms with Crippen molar-refractivity contribution in [2.45, 2.75) is 84.1 Å². The summed E-state index contributed by atoms with van der Waals surface area (Å²) >= 11 is 0. The molecule has 0 bridgehead atoms. The second-order valence-corrected chi connectivity index (χ2v) is 7.51. The molecule has 0 saturated carbocycles. The Morgan fingerprint density at radius 2 is 1.50 bits per heavy atom. The Bertz CT molecular complexity index is 159. The molecule has 0 radical (unpaired) electrons. The summed E-state index contributed by atoms with van der Waals surface area (Å²) in [6.07, 6.45) is 8.18. The van der Waals surface area contributed by atoms with Crippen LogP contribution in [0.15, 0.2) is 0 Å². The van der Waals surface area contributed by atoms with Gasteiger partial charge in [0.1, 0.15) is 0 Å². The van der Waals surface area contributed by atoms with Gasteiger partial charge in [-0.3, -0.25) is 0 Å². The smallest absolute Gasteiger partial charge is 0.157 e. The first-order valence-corrected chi connectivity index (χ1v) is 9.83. The minimum atomic E-state index is 0.0564. The lowest BCUT2D eigenvalue weighted by Gasteiger charge is -2.19. The summed E-state index contributed by atoms with van der Waals surface area (Å²) < 4.78 is 11.2. The summed E-state index contributed by atoms with van der Waals surface area (Å²) in [6.45, 7) is 10.2. The van der Waals surface area contributed by atoms with Crippen LogP contribution in [0.5, 0.6) is 0 Å². The van der Waals surface area contributed by atoms with Crippen LogP contribution in [0.25, 0.3) is 0 Å². The predicted molar refractivity (Wildman–Crippen MR) is 83.2 cm³/mol. The van der Waals surface area contributed by atoms with Gasteiger partial charge in [0.15, 0.2) is 6.29 Å². The second-order valence-electron chi connectivity index (χ2n) is 5.07. The zero-order valence-electron chi connectivity index (χ0n) is 13.0. The molecular formula is C15H34O2Si. The van der Waals surface area contributed by atoms with E-state index in [1.54, 1.807) is 0 Å². The number of unbranched alkanes of at least 4 members (excludes halogenated alkanes) is 1. The van der Waals surface area contributed by atoms with Gasteiger partial charge >= 0.3 is 0 Å². The normalized spacial score (nSPS) is 13.8. The molecule has 0 aliphatic heterocycles. The Balaban J connectivity index is 3.78. The lowest BCUT2D eigenvalue weighted by molar-refractivity contribution is -0.136. The van der Waals surface area contributed by atoms with E-state index in [-0.39, 0.29) is 15.8 Å². The standard InChI is InChI=1S/C15H34O2Si/c1-5-9-11-14(10-6-2)18-13-12-15(16-7-3)17-8-4/h14-15H,5-13,18H2,1-4H3. The van der Waals surface area contributed by atoms with E-state index >= 15 is 0 Å². The molecule has 110 valence electrons. The SMILES string of the molecule is CCCCC(CCC)[SiH2]CCC(OCC)OCC. The van der Waals surface area contributed by atoms with E-state index in [1.165, 1.54) is 38.1 Å². The van der Waals surface area contributed by atoms with Crippen LogP contribution in [0, 0.1) is 0 Å². The van der Waals surface area contributed by atoms with Crippen molar-refractivity contribution in [1.29, 1.82) is 0 Å². The summed E-state index contributed by atoms with van der Waals surface area (Å²) in [4.78, 5) is 0. The largest absolute Gasteiger partial charge is 0.353 e. The monoisotopic (exact) mass is 274 g/mol. The molecule has 0 aromatic rings. The zero-order chi connectivity index (χ0) is 13.6. The lowest BCUT2D eigenvalue weighted by atomic mass is 10.1. The first kappa shape index (κ1) is 18.1. The van der Waals surface area contributed by atoms with E-state index in [9.17, 15) is 0 Å². The van der Waals surface area contributed by atoms with Gasteiger partial charge in [0.2, 0.25) is 0 Å². The van der Waals surface area contributed by atoms with Gasteiger partial charge in [-0.2, -0.15) is 0 Å². The van der Waals surface area contributed by atoms with Crippen molar-refractivity contribution < 1.29 is 9.47 Å². The highest BCUT2D eigenvalue weighted by atomic mass is 28.2. The fraction of sp³-hybridized carbons (Fsp3) is 1.00. The van der Waals surface area contributed by atoms with Crippen LogP contribution in [0.1, 0.15) is 66.2 Å². The third-order valence-corrected chi connectivity index (χ3v) is 5.87. The first-order valence-electron chi connectivity index (χ1n) is 8.01. The third kappa shape index (κ3) is 10.1. The molecule has 18 heavy (non-hydrogen) atoms. The zero-order valence-corrected chi connectivity index (χ0v) is 14.5. The van der Waals surface area contributed by atoms with Gasteiger partial charge < -0.3 is 9.47 Å². The molecule has 0 aromatic heterocycles. The summed E-state index contributed by atoms with van der Waals surface area (Å²) in [5.41, 5.74) is 1.05. The fourth-order valence-electron chi connectivity index (χ4n) is 2.49. The summed E-state index contributed by atoms with van der Waals surface area (Å²) in [5.74, 6) is 0. The highest BCUT2D eigenvalue weighted by molar-refractivity contribution is 6.37. The number of hydrogen-bond acceptors (Lipinski definition) is 2. The maximum absolute atomic E-state index is 5.61. The maximum Gasteiger partial charge on any atom is 0.157 e. The Hall–Kier alpha value is 0.137. The molecule has 0 aliphatic carbocycles. The van der Waals surface area contributed by atoms with Crippen molar-refractivity contribution in [3.05, 3.63) is 0 Å². The van der Waals surface area contributed by atoms with E-state index < -0.39 is 0 Å². The highest BCUT2D eigenvalue weighted by Crippen LogP contribution is 2.22. The molecule has 0 N–H and O–H groups in total. The molecule has 2 nitrogen and oxygen atoms in total. The Labute approximate surface area is 117 Å². The average molecular weight is 275 g/mol. The van der Waals surface area contributed by atoms with E-state index in [1.807, 2.05) is 13.8 Å². The predicted octanol–water partition coefficient (Wildman–Crippen LogP) is 4.14. The van der Waals surface area contributed by atoms with Crippen LogP contribution in [-0.4, -0.2) is 29.0 Å². The Kier molecular flexibility index (Phi) is 13.7. The van der Waals surface area contributed by atoms with Crippen LogP contribution in [0.4, 0.5) is 0 Å². The van der Waals surface area contributed by atoms with Crippen molar-refractivity contribution in [3.63, 3.8) is 0 Å². The van der Waals surface area contributed by atoms with Crippen molar-refractivity contribution >= 4 is 9.52 Å². The third-order valence-electron chi connectivity index (χ3n) is 3.42. The minimum Gasteiger partial charge on any atom is -0.353 e. The van der Waals surface area contributed by atoms with Crippen LogP contribution in [0.3, 0.4) is 0 Å². The lowest BCUT2D eigenvalue weighted by Crippen LogP contribution is -2.18. The van der Waals surface area contributed by atoms with Gasteiger partial charge in [0, 0.05) is 22.7 Å². The number of hydrogen-bond donors (Lipinski definition) is 0. The molecule has 1 unspecified atom stereocenters. The van der Waals surface area contributed by atoms with E-state index in [0.717, 1.165) is 25.2 Å². The highest BCUT2D eigenvalue weighted by Gasteiger charge is 2.11. The van der Waals surface area contributed by atoms with E-state index in [2.05, 4.69) is 13.8 Å². The van der Waals surface area contributed by atoms with Gasteiger partial charge in [0.25, 0.3) is 0 Å². The Morgan fingerprint density at radius 1 is 0.833 bits per heavy atom. The van der Waals surface area contributed by atoms with Crippen LogP contribution in [0.2, 0.25) is 11.6 Å². The number of rotatable bonds is 13. The summed E-state index contributed by atoms with van der Waals surface area (Å²) in [5, 5.41) is 0. The topological polar surface area (TPSA) is 18.5 Å². The van der Waals surface area contributed by atoms with Crippen molar-refractivity contribution in [1.82, 2.24) is 0 Å². The molecule has 0 spiro atoms. The van der Waals surface area contributed by atoms with Crippen molar-refractivity contribution in [3.8, 4) is 0 Å². The van der Waals surface area contributed by atoms with Gasteiger partial charge in [-0.05, 0) is 20.3 Å². The molecule has 0 amide bonds. The minimum absolute atomic E-state index is 0.0564. The molecule has 0 fully saturated rings. The molecular weight excluding hydrogens is 240 g/mol. The van der Waals surface area contributed by atoms with Crippen molar-refractivity contribution in [2.24, 2.45) is 0 Å². The molecule has 3 heteroatoms. The molecule has 0 aliphatic rings. The molecule has 0 aromatic carbocycles. The van der Waals surface area contributed by atoms with Crippen molar-refractivity contribution in [2.75, 3.05) is 13.2 Å². The van der Waals surface area contributed by atoms with Crippen LogP contribution >= 0.6 is 0 Å². The van der Waals surface area contributed by atoms with Gasteiger partial charge in [-0.25, -0.2) is 0 Å². The number of ether oxygens (including phenoxy) is 2. The van der Waals surface area contributed by atoms with E-state index in [0.29, 0.717) is 0 Å². The summed E-state index contributed by atoms with van der Waals surface area (Å²) in [7, 11) is 0.0572.